The lowest BCUT2D eigenvalue weighted by Gasteiger charge is -2.34. The average molecular weight is 421 g/mol. The lowest BCUT2D eigenvalue weighted by atomic mass is 10.0. The molecule has 31 heavy (non-hydrogen) atoms. The van der Waals surface area contributed by atoms with E-state index in [1.807, 2.05) is 30.3 Å². The summed E-state index contributed by atoms with van der Waals surface area (Å²) < 4.78 is 7.00. The van der Waals surface area contributed by atoms with Gasteiger partial charge >= 0.3 is 6.03 Å². The van der Waals surface area contributed by atoms with E-state index in [-0.39, 0.29) is 12.1 Å². The maximum absolute atomic E-state index is 12.4. The second-order valence-corrected chi connectivity index (χ2v) is 7.70. The molecular formula is C23H28N6O2. The minimum absolute atomic E-state index is 0.121. The molecule has 0 bridgehead atoms. The van der Waals surface area contributed by atoms with Crippen molar-refractivity contribution in [3.05, 3.63) is 72.3 Å². The first-order valence-corrected chi connectivity index (χ1v) is 10.5. The van der Waals surface area contributed by atoms with Crippen molar-refractivity contribution in [1.82, 2.24) is 25.4 Å². The van der Waals surface area contributed by atoms with Crippen molar-refractivity contribution in [2.24, 2.45) is 0 Å². The van der Waals surface area contributed by atoms with E-state index in [4.69, 9.17) is 4.74 Å². The summed E-state index contributed by atoms with van der Waals surface area (Å²) in [6, 6.07) is 16.3. The first-order chi connectivity index (χ1) is 15.2. The topological polar surface area (TPSA) is 84.3 Å². The van der Waals surface area contributed by atoms with E-state index in [2.05, 4.69) is 43.8 Å². The number of nitrogens with one attached hydrogen (secondary N) is 2. The summed E-state index contributed by atoms with van der Waals surface area (Å²) in [4.78, 5) is 18.7. The maximum atomic E-state index is 12.4. The van der Waals surface area contributed by atoms with Crippen LogP contribution in [0.5, 0.6) is 5.75 Å². The molecule has 1 aromatic heterocycles. The number of methoxy groups -OCH3 is 1. The van der Waals surface area contributed by atoms with Crippen LogP contribution in [0.15, 0.2) is 61.2 Å². The van der Waals surface area contributed by atoms with Crippen LogP contribution >= 0.6 is 0 Å². The molecule has 162 valence electrons. The molecule has 8 heteroatoms. The smallest absolute Gasteiger partial charge is 0.315 e. The highest BCUT2D eigenvalue weighted by molar-refractivity contribution is 5.74. The van der Waals surface area contributed by atoms with Gasteiger partial charge in [0, 0.05) is 31.4 Å². The molecule has 3 aromatic rings. The number of rotatable bonds is 7. The number of amides is 2. The molecule has 8 nitrogen and oxygen atoms in total. The number of carbonyl (C=O) groups excluding carboxylic acids is 1. The predicted octanol–water partition coefficient (Wildman–Crippen LogP) is 2.80. The van der Waals surface area contributed by atoms with Gasteiger partial charge in [-0.25, -0.2) is 14.5 Å². The van der Waals surface area contributed by atoms with E-state index in [0.717, 1.165) is 42.8 Å². The third kappa shape index (κ3) is 5.75. The summed E-state index contributed by atoms with van der Waals surface area (Å²) in [5.41, 5.74) is 3.37. The van der Waals surface area contributed by atoms with Crippen LogP contribution in [0.25, 0.3) is 0 Å². The molecule has 2 amide bonds. The van der Waals surface area contributed by atoms with Crippen LogP contribution in [0.3, 0.4) is 0 Å². The fraction of sp³-hybridized carbons (Fsp3) is 0.348. The van der Waals surface area contributed by atoms with E-state index in [1.165, 1.54) is 12.0 Å². The molecule has 1 saturated heterocycles. The van der Waals surface area contributed by atoms with Gasteiger partial charge in [0.1, 0.15) is 18.4 Å². The Morgan fingerprint density at radius 3 is 2.61 bits per heavy atom. The van der Waals surface area contributed by atoms with Crippen molar-refractivity contribution in [2.75, 3.05) is 25.1 Å². The molecule has 2 N–H and O–H groups in total. The first-order valence-electron chi connectivity index (χ1n) is 10.5. The van der Waals surface area contributed by atoms with Crippen molar-refractivity contribution in [3.8, 4) is 5.75 Å². The lowest BCUT2D eigenvalue weighted by molar-refractivity contribution is 0.234. The zero-order valence-corrected chi connectivity index (χ0v) is 17.7. The predicted molar refractivity (Wildman–Crippen MR) is 119 cm³/mol. The Labute approximate surface area is 182 Å². The quantitative estimate of drug-likeness (QED) is 0.614. The van der Waals surface area contributed by atoms with Gasteiger partial charge in [0.15, 0.2) is 0 Å². The number of benzene rings is 2. The normalized spacial score (nSPS) is 14.3. The van der Waals surface area contributed by atoms with E-state index >= 15 is 0 Å². The largest absolute Gasteiger partial charge is 0.497 e. The highest BCUT2D eigenvalue weighted by Crippen LogP contribution is 2.22. The number of aromatic nitrogens is 3. The number of urea groups is 1. The van der Waals surface area contributed by atoms with Gasteiger partial charge in [0.2, 0.25) is 0 Å². The molecule has 2 aromatic carbocycles. The SMILES string of the molecule is COc1ccc(N2CCC(NC(=O)NCc3cccc(Cn4cncn4)c3)CC2)cc1. The number of nitrogens with zero attached hydrogens (tertiary/aromatic N) is 4. The van der Waals surface area contributed by atoms with Crippen LogP contribution in [-0.2, 0) is 13.1 Å². The Morgan fingerprint density at radius 2 is 1.90 bits per heavy atom. The Balaban J connectivity index is 1.21. The van der Waals surface area contributed by atoms with Gasteiger partial charge in [0.25, 0.3) is 0 Å². The maximum Gasteiger partial charge on any atom is 0.315 e. The number of ether oxygens (including phenoxy) is 1. The summed E-state index contributed by atoms with van der Waals surface area (Å²) >= 11 is 0. The molecular weight excluding hydrogens is 392 g/mol. The Hall–Kier alpha value is -3.55. The highest BCUT2D eigenvalue weighted by Gasteiger charge is 2.20. The van der Waals surface area contributed by atoms with Crippen molar-refractivity contribution in [3.63, 3.8) is 0 Å². The highest BCUT2D eigenvalue weighted by atomic mass is 16.5. The van der Waals surface area contributed by atoms with E-state index < -0.39 is 0 Å². The van der Waals surface area contributed by atoms with Crippen LogP contribution < -0.4 is 20.3 Å². The molecule has 0 atom stereocenters. The zero-order valence-electron chi connectivity index (χ0n) is 17.7. The second-order valence-electron chi connectivity index (χ2n) is 7.70. The van der Waals surface area contributed by atoms with Gasteiger partial charge in [-0.3, -0.25) is 0 Å². The molecule has 4 rings (SSSR count). The Bertz CT molecular complexity index is 966. The van der Waals surface area contributed by atoms with Crippen LogP contribution in [0.2, 0.25) is 0 Å². The van der Waals surface area contributed by atoms with Crippen LogP contribution in [0, 0.1) is 0 Å². The minimum Gasteiger partial charge on any atom is -0.497 e. The molecule has 2 heterocycles. The van der Waals surface area contributed by atoms with E-state index in [0.29, 0.717) is 13.1 Å². The fourth-order valence-corrected chi connectivity index (χ4v) is 3.83. The Kier molecular flexibility index (Phi) is 6.66. The minimum atomic E-state index is -0.121. The monoisotopic (exact) mass is 420 g/mol. The van der Waals surface area contributed by atoms with Gasteiger partial charge in [0.05, 0.1) is 13.7 Å². The molecule has 1 fully saturated rings. The summed E-state index contributed by atoms with van der Waals surface area (Å²) in [5, 5.41) is 10.2. The van der Waals surface area contributed by atoms with E-state index in [1.54, 1.807) is 18.1 Å². The van der Waals surface area contributed by atoms with Crippen molar-refractivity contribution >= 4 is 11.7 Å². The van der Waals surface area contributed by atoms with Gasteiger partial charge in [-0.2, -0.15) is 5.10 Å². The van der Waals surface area contributed by atoms with Gasteiger partial charge in [-0.1, -0.05) is 24.3 Å². The molecule has 0 aliphatic carbocycles. The number of hydrogen-bond acceptors (Lipinski definition) is 5. The third-order valence-electron chi connectivity index (χ3n) is 5.52. The number of piperidine rings is 1. The molecule has 0 saturated carbocycles. The standard InChI is InChI=1S/C23H28N6O2/c1-31-22-7-5-21(6-8-22)28-11-9-20(10-12-28)27-23(30)25-14-18-3-2-4-19(13-18)15-29-17-24-16-26-29/h2-8,13,16-17,20H,9-12,14-15H2,1H3,(H2,25,27,30). The molecule has 1 aliphatic heterocycles. The van der Waals surface area contributed by atoms with Crippen LogP contribution in [0.4, 0.5) is 10.5 Å². The fourth-order valence-electron chi connectivity index (χ4n) is 3.83. The number of anilines is 1. The Morgan fingerprint density at radius 1 is 1.13 bits per heavy atom. The molecule has 1 aliphatic rings. The number of hydrogen-bond donors (Lipinski definition) is 2. The van der Waals surface area contributed by atoms with Crippen molar-refractivity contribution in [2.45, 2.75) is 32.0 Å². The summed E-state index contributed by atoms with van der Waals surface area (Å²) in [6.07, 6.45) is 5.06. The van der Waals surface area contributed by atoms with Gasteiger partial charge in [-0.05, 0) is 48.2 Å². The van der Waals surface area contributed by atoms with Crippen molar-refractivity contribution in [1.29, 1.82) is 0 Å². The average Bonchev–Trinajstić information content (AvgIpc) is 3.32. The third-order valence-corrected chi connectivity index (χ3v) is 5.52. The lowest BCUT2D eigenvalue weighted by Crippen LogP contribution is -2.47. The van der Waals surface area contributed by atoms with Crippen molar-refractivity contribution < 1.29 is 9.53 Å². The summed E-state index contributed by atoms with van der Waals surface area (Å²) in [5.74, 6) is 0.862. The van der Waals surface area contributed by atoms with Crippen LogP contribution in [0.1, 0.15) is 24.0 Å². The molecule has 0 radical (unpaired) electrons. The van der Waals surface area contributed by atoms with Crippen LogP contribution in [-0.4, -0.2) is 47.0 Å². The van der Waals surface area contributed by atoms with Gasteiger partial charge in [-0.15, -0.1) is 0 Å². The summed E-state index contributed by atoms with van der Waals surface area (Å²) in [7, 11) is 1.67. The van der Waals surface area contributed by atoms with Gasteiger partial charge < -0.3 is 20.3 Å². The molecule has 0 unspecified atom stereocenters. The summed E-state index contributed by atoms with van der Waals surface area (Å²) in [6.45, 7) is 2.98. The second kappa shape index (κ2) is 9.97. The van der Waals surface area contributed by atoms with E-state index in [9.17, 15) is 4.79 Å². The first kappa shape index (κ1) is 20.7. The zero-order chi connectivity index (χ0) is 21.5. The molecule has 0 spiro atoms. The number of carbonyl (C=O) groups is 1.